The lowest BCUT2D eigenvalue weighted by molar-refractivity contribution is 0.311. The van der Waals surface area contributed by atoms with E-state index in [9.17, 15) is 0 Å². The molecule has 2 aromatic heterocycles. The minimum Gasteiger partial charge on any atom is -0.395 e. The van der Waals surface area contributed by atoms with Gasteiger partial charge in [0.2, 0.25) is 0 Å². The first-order valence-electron chi connectivity index (χ1n) is 6.05. The Morgan fingerprint density at radius 3 is 2.68 bits per heavy atom. The van der Waals surface area contributed by atoms with Crippen molar-refractivity contribution in [3.63, 3.8) is 0 Å². The molecule has 0 aromatic carbocycles. The summed E-state index contributed by atoms with van der Waals surface area (Å²) in [5.74, 6) is 2.18. The maximum Gasteiger partial charge on any atom is 0.138 e. The van der Waals surface area contributed by atoms with Crippen LogP contribution in [0.2, 0.25) is 0 Å². The molecule has 0 spiro atoms. The van der Waals surface area contributed by atoms with Crippen molar-refractivity contribution in [3.05, 3.63) is 36.4 Å². The summed E-state index contributed by atoms with van der Waals surface area (Å²) < 4.78 is 0. The summed E-state index contributed by atoms with van der Waals surface area (Å²) in [6.45, 7) is 2.38. The van der Waals surface area contributed by atoms with Crippen molar-refractivity contribution in [1.82, 2.24) is 15.0 Å². The number of nitrogens with one attached hydrogen (secondary N) is 1. The standard InChI is InChI=1S/C13H17N5O/c1-10-16-12(15-7-8-19)9-13(17-10)18(2)11-3-5-14-6-4-11/h3-6,9,19H,7-8H2,1-2H3,(H,15,16,17). The van der Waals surface area contributed by atoms with Crippen molar-refractivity contribution in [2.45, 2.75) is 6.92 Å². The Morgan fingerprint density at radius 1 is 1.26 bits per heavy atom. The molecule has 2 rings (SSSR count). The number of aryl methyl sites for hydroxylation is 1. The Bertz CT molecular complexity index is 532. The molecular formula is C13H17N5O. The summed E-state index contributed by atoms with van der Waals surface area (Å²) in [6.07, 6.45) is 3.48. The largest absolute Gasteiger partial charge is 0.395 e. The van der Waals surface area contributed by atoms with Crippen molar-refractivity contribution in [1.29, 1.82) is 0 Å². The zero-order valence-electron chi connectivity index (χ0n) is 11.0. The number of pyridine rings is 1. The highest BCUT2D eigenvalue weighted by atomic mass is 16.3. The number of aromatic nitrogens is 3. The molecule has 0 amide bonds. The molecule has 0 aliphatic heterocycles. The first-order chi connectivity index (χ1) is 9.20. The van der Waals surface area contributed by atoms with E-state index in [4.69, 9.17) is 5.11 Å². The van der Waals surface area contributed by atoms with Gasteiger partial charge in [-0.2, -0.15) is 0 Å². The van der Waals surface area contributed by atoms with E-state index in [1.54, 1.807) is 12.4 Å². The van der Waals surface area contributed by atoms with E-state index in [0.717, 1.165) is 11.5 Å². The van der Waals surface area contributed by atoms with Crippen LogP contribution >= 0.6 is 0 Å². The van der Waals surface area contributed by atoms with Crippen LogP contribution in [0.25, 0.3) is 0 Å². The topological polar surface area (TPSA) is 74.2 Å². The number of aliphatic hydroxyl groups excluding tert-OH is 1. The second kappa shape index (κ2) is 6.10. The van der Waals surface area contributed by atoms with Gasteiger partial charge in [-0.25, -0.2) is 9.97 Å². The predicted octanol–water partition coefficient (Wildman–Crippen LogP) is 1.35. The molecule has 6 nitrogen and oxygen atoms in total. The van der Waals surface area contributed by atoms with E-state index >= 15 is 0 Å². The molecule has 0 saturated heterocycles. The van der Waals surface area contributed by atoms with Crippen LogP contribution in [0.15, 0.2) is 30.6 Å². The first-order valence-corrected chi connectivity index (χ1v) is 6.05. The Morgan fingerprint density at radius 2 is 2.00 bits per heavy atom. The van der Waals surface area contributed by atoms with Gasteiger partial charge >= 0.3 is 0 Å². The van der Waals surface area contributed by atoms with Gasteiger partial charge in [-0.3, -0.25) is 4.98 Å². The third kappa shape index (κ3) is 3.38. The average molecular weight is 259 g/mol. The molecule has 0 bridgehead atoms. The number of hydrogen-bond donors (Lipinski definition) is 2. The lowest BCUT2D eigenvalue weighted by Gasteiger charge is -2.19. The van der Waals surface area contributed by atoms with Crippen LogP contribution in [-0.4, -0.2) is 40.3 Å². The average Bonchev–Trinajstić information content (AvgIpc) is 2.44. The van der Waals surface area contributed by atoms with Crippen molar-refractivity contribution >= 4 is 17.3 Å². The summed E-state index contributed by atoms with van der Waals surface area (Å²) >= 11 is 0. The monoisotopic (exact) mass is 259 g/mol. The highest BCUT2D eigenvalue weighted by molar-refractivity contribution is 5.61. The fourth-order valence-electron chi connectivity index (χ4n) is 1.70. The predicted molar refractivity (Wildman–Crippen MR) is 74.6 cm³/mol. The van der Waals surface area contributed by atoms with E-state index in [1.165, 1.54) is 0 Å². The first kappa shape index (κ1) is 13.2. The Hall–Kier alpha value is -2.21. The van der Waals surface area contributed by atoms with Gasteiger partial charge in [0.1, 0.15) is 17.5 Å². The molecule has 19 heavy (non-hydrogen) atoms. The molecule has 0 aliphatic carbocycles. The maximum atomic E-state index is 8.83. The fourth-order valence-corrected chi connectivity index (χ4v) is 1.70. The summed E-state index contributed by atoms with van der Waals surface area (Å²) in [7, 11) is 1.94. The number of rotatable bonds is 5. The molecule has 2 N–H and O–H groups in total. The van der Waals surface area contributed by atoms with E-state index in [-0.39, 0.29) is 6.61 Å². The smallest absolute Gasteiger partial charge is 0.138 e. The summed E-state index contributed by atoms with van der Waals surface area (Å²) in [5.41, 5.74) is 1.00. The van der Waals surface area contributed by atoms with Gasteiger partial charge in [-0.15, -0.1) is 0 Å². The van der Waals surface area contributed by atoms with Gasteiger partial charge in [-0.05, 0) is 19.1 Å². The summed E-state index contributed by atoms with van der Waals surface area (Å²) in [4.78, 5) is 14.6. The molecular weight excluding hydrogens is 242 g/mol. The van der Waals surface area contributed by atoms with Gasteiger partial charge in [0.25, 0.3) is 0 Å². The van der Waals surface area contributed by atoms with Crippen LogP contribution in [0.4, 0.5) is 17.3 Å². The van der Waals surface area contributed by atoms with Crippen LogP contribution in [-0.2, 0) is 0 Å². The maximum absolute atomic E-state index is 8.83. The minimum absolute atomic E-state index is 0.0680. The Kier molecular flexibility index (Phi) is 4.25. The van der Waals surface area contributed by atoms with Crippen molar-refractivity contribution < 1.29 is 5.11 Å². The van der Waals surface area contributed by atoms with Crippen molar-refractivity contribution in [3.8, 4) is 0 Å². The third-order valence-corrected chi connectivity index (χ3v) is 2.64. The molecule has 0 unspecified atom stereocenters. The van der Waals surface area contributed by atoms with E-state index < -0.39 is 0 Å². The number of aliphatic hydroxyl groups is 1. The molecule has 0 radical (unpaired) electrons. The lowest BCUT2D eigenvalue weighted by atomic mass is 10.3. The molecule has 6 heteroatoms. The number of anilines is 3. The Balaban J connectivity index is 2.26. The molecule has 100 valence electrons. The van der Waals surface area contributed by atoms with E-state index in [1.807, 2.05) is 37.1 Å². The van der Waals surface area contributed by atoms with E-state index in [0.29, 0.717) is 18.2 Å². The number of hydrogen-bond acceptors (Lipinski definition) is 6. The molecule has 0 aliphatic rings. The normalized spacial score (nSPS) is 10.3. The van der Waals surface area contributed by atoms with E-state index in [2.05, 4.69) is 20.3 Å². The van der Waals surface area contributed by atoms with Crippen LogP contribution in [0, 0.1) is 6.92 Å². The molecule has 0 fully saturated rings. The van der Waals surface area contributed by atoms with Crippen LogP contribution in [0.3, 0.4) is 0 Å². The number of nitrogens with zero attached hydrogens (tertiary/aromatic N) is 4. The summed E-state index contributed by atoms with van der Waals surface area (Å²) in [6, 6.07) is 5.68. The van der Waals surface area contributed by atoms with Gasteiger partial charge in [-0.1, -0.05) is 0 Å². The van der Waals surface area contributed by atoms with Crippen LogP contribution < -0.4 is 10.2 Å². The van der Waals surface area contributed by atoms with Crippen molar-refractivity contribution in [2.75, 3.05) is 30.4 Å². The highest BCUT2D eigenvalue weighted by Crippen LogP contribution is 2.22. The fraction of sp³-hybridized carbons (Fsp3) is 0.308. The van der Waals surface area contributed by atoms with Gasteiger partial charge in [0.15, 0.2) is 0 Å². The van der Waals surface area contributed by atoms with Crippen molar-refractivity contribution in [2.24, 2.45) is 0 Å². The lowest BCUT2D eigenvalue weighted by Crippen LogP contribution is -2.14. The minimum atomic E-state index is 0.0680. The molecule has 2 heterocycles. The molecule has 2 aromatic rings. The zero-order valence-corrected chi connectivity index (χ0v) is 11.0. The Labute approximate surface area is 112 Å². The second-order valence-electron chi connectivity index (χ2n) is 4.07. The third-order valence-electron chi connectivity index (χ3n) is 2.64. The van der Waals surface area contributed by atoms with Crippen LogP contribution in [0.1, 0.15) is 5.82 Å². The van der Waals surface area contributed by atoms with Gasteiger partial charge < -0.3 is 15.3 Å². The zero-order chi connectivity index (χ0) is 13.7. The van der Waals surface area contributed by atoms with Gasteiger partial charge in [0, 0.05) is 37.7 Å². The molecule has 0 saturated carbocycles. The molecule has 0 atom stereocenters. The quantitative estimate of drug-likeness (QED) is 0.844. The van der Waals surface area contributed by atoms with Gasteiger partial charge in [0.05, 0.1) is 6.61 Å². The SMILES string of the molecule is Cc1nc(NCCO)cc(N(C)c2ccncc2)n1. The highest BCUT2D eigenvalue weighted by Gasteiger charge is 2.08. The van der Waals surface area contributed by atoms with Crippen LogP contribution in [0.5, 0.6) is 0 Å². The summed E-state index contributed by atoms with van der Waals surface area (Å²) in [5, 5.41) is 11.9. The second-order valence-corrected chi connectivity index (χ2v) is 4.07.